The van der Waals surface area contributed by atoms with Gasteiger partial charge in [-0.05, 0) is 42.5 Å². The average Bonchev–Trinajstić information content (AvgIpc) is 3.30. The monoisotopic (exact) mass is 392 g/mol. The molecule has 2 unspecified atom stereocenters. The lowest BCUT2D eigenvalue weighted by atomic mass is 9.81. The van der Waals surface area contributed by atoms with Gasteiger partial charge in [0.15, 0.2) is 0 Å². The van der Waals surface area contributed by atoms with Gasteiger partial charge in [0.1, 0.15) is 6.54 Å². The smallest absolute Gasteiger partial charge is 0.244 e. The van der Waals surface area contributed by atoms with Gasteiger partial charge < -0.3 is 5.32 Å². The highest BCUT2D eigenvalue weighted by atomic mass is 32.1. The van der Waals surface area contributed by atoms with Crippen LogP contribution in [0.2, 0.25) is 0 Å². The molecule has 2 fully saturated rings. The SMILES string of the molecule is O=C(CN1C(=O)C2CCCCC2C1=O)Nc1cccc(C#Cc2cccs2)c1. The lowest BCUT2D eigenvalue weighted by Crippen LogP contribution is -2.38. The molecular weight excluding hydrogens is 372 g/mol. The first kappa shape index (κ1) is 18.5. The van der Waals surface area contributed by atoms with Gasteiger partial charge in [-0.3, -0.25) is 19.3 Å². The summed E-state index contributed by atoms with van der Waals surface area (Å²) in [5.74, 6) is 4.93. The molecule has 6 heteroatoms. The van der Waals surface area contributed by atoms with Gasteiger partial charge in [-0.1, -0.05) is 36.8 Å². The molecule has 5 nitrogen and oxygen atoms in total. The van der Waals surface area contributed by atoms with Crippen molar-refractivity contribution in [1.82, 2.24) is 4.90 Å². The summed E-state index contributed by atoms with van der Waals surface area (Å²) in [6.07, 6.45) is 3.44. The van der Waals surface area contributed by atoms with Crippen LogP contribution in [-0.4, -0.2) is 29.2 Å². The van der Waals surface area contributed by atoms with Crippen LogP contribution in [0, 0.1) is 23.7 Å². The zero-order valence-electron chi connectivity index (χ0n) is 15.3. The van der Waals surface area contributed by atoms with E-state index in [1.807, 2.05) is 29.6 Å². The third kappa shape index (κ3) is 3.85. The van der Waals surface area contributed by atoms with Gasteiger partial charge in [0.25, 0.3) is 0 Å². The molecule has 2 atom stereocenters. The first-order valence-corrected chi connectivity index (χ1v) is 10.3. The molecule has 1 aromatic heterocycles. The molecule has 1 N–H and O–H groups in total. The summed E-state index contributed by atoms with van der Waals surface area (Å²) in [6, 6.07) is 11.1. The van der Waals surface area contributed by atoms with Crippen LogP contribution in [-0.2, 0) is 14.4 Å². The van der Waals surface area contributed by atoms with Crippen LogP contribution in [0.5, 0.6) is 0 Å². The Kier molecular flexibility index (Phi) is 5.27. The highest BCUT2D eigenvalue weighted by Gasteiger charge is 2.48. The molecule has 2 heterocycles. The van der Waals surface area contributed by atoms with E-state index >= 15 is 0 Å². The number of amides is 3. The maximum Gasteiger partial charge on any atom is 0.244 e. The fourth-order valence-electron chi connectivity index (χ4n) is 3.89. The standard InChI is InChI=1S/C22H20N2O3S/c25-20(14-24-21(26)18-8-1-2-9-19(18)22(24)27)23-16-6-3-5-15(13-16)10-11-17-7-4-12-28-17/h3-7,12-13,18-19H,1-2,8-9,14H2,(H,23,25). The summed E-state index contributed by atoms with van der Waals surface area (Å²) >= 11 is 1.57. The van der Waals surface area contributed by atoms with Crippen molar-refractivity contribution in [3.63, 3.8) is 0 Å². The molecule has 1 saturated heterocycles. The number of nitrogens with one attached hydrogen (secondary N) is 1. The van der Waals surface area contributed by atoms with Gasteiger partial charge in [-0.15, -0.1) is 11.3 Å². The molecule has 142 valence electrons. The van der Waals surface area contributed by atoms with Crippen LogP contribution in [0.4, 0.5) is 5.69 Å². The summed E-state index contributed by atoms with van der Waals surface area (Å²) < 4.78 is 0. The van der Waals surface area contributed by atoms with E-state index in [0.717, 1.165) is 41.0 Å². The Morgan fingerprint density at radius 2 is 1.82 bits per heavy atom. The predicted octanol–water partition coefficient (Wildman–Crippen LogP) is 3.26. The molecule has 2 aliphatic rings. The third-order valence-corrected chi connectivity index (χ3v) is 6.02. The minimum Gasteiger partial charge on any atom is -0.324 e. The van der Waals surface area contributed by atoms with Crippen molar-refractivity contribution in [2.45, 2.75) is 25.7 Å². The number of likely N-dealkylation sites (tertiary alicyclic amines) is 1. The third-order valence-electron chi connectivity index (χ3n) is 5.23. The van der Waals surface area contributed by atoms with Crippen molar-refractivity contribution < 1.29 is 14.4 Å². The normalized spacial score (nSPS) is 21.1. The summed E-state index contributed by atoms with van der Waals surface area (Å²) in [4.78, 5) is 39.5. The molecule has 1 saturated carbocycles. The van der Waals surface area contributed by atoms with Crippen molar-refractivity contribution in [3.05, 3.63) is 52.2 Å². The Hall–Kier alpha value is -2.91. The highest BCUT2D eigenvalue weighted by molar-refractivity contribution is 7.10. The second-order valence-electron chi connectivity index (χ2n) is 7.12. The van der Waals surface area contributed by atoms with Crippen LogP contribution < -0.4 is 5.32 Å². The second-order valence-corrected chi connectivity index (χ2v) is 8.06. The zero-order chi connectivity index (χ0) is 19.5. The number of anilines is 1. The number of imide groups is 1. The van der Waals surface area contributed by atoms with Crippen LogP contribution in [0.15, 0.2) is 41.8 Å². The molecule has 0 bridgehead atoms. The Balaban J connectivity index is 1.41. The first-order chi connectivity index (χ1) is 13.6. The molecule has 28 heavy (non-hydrogen) atoms. The van der Waals surface area contributed by atoms with Gasteiger partial charge in [-0.2, -0.15) is 0 Å². The lowest BCUT2D eigenvalue weighted by Gasteiger charge is -2.19. The molecule has 1 aliphatic heterocycles. The van der Waals surface area contributed by atoms with Gasteiger partial charge in [0, 0.05) is 11.3 Å². The topological polar surface area (TPSA) is 66.5 Å². The number of carbonyl (C=O) groups excluding carboxylic acids is 3. The van der Waals surface area contributed by atoms with Gasteiger partial charge in [-0.25, -0.2) is 0 Å². The zero-order valence-corrected chi connectivity index (χ0v) is 16.1. The first-order valence-electron chi connectivity index (χ1n) is 9.42. The Bertz CT molecular complexity index is 947. The van der Waals surface area contributed by atoms with Crippen molar-refractivity contribution >= 4 is 34.7 Å². The van der Waals surface area contributed by atoms with Gasteiger partial charge >= 0.3 is 0 Å². The molecule has 3 amide bonds. The van der Waals surface area contributed by atoms with Crippen molar-refractivity contribution in [3.8, 4) is 11.8 Å². The van der Waals surface area contributed by atoms with E-state index in [2.05, 4.69) is 17.2 Å². The fourth-order valence-corrected chi connectivity index (χ4v) is 4.46. The van der Waals surface area contributed by atoms with Crippen LogP contribution in [0.1, 0.15) is 36.1 Å². The Morgan fingerprint density at radius 3 is 2.50 bits per heavy atom. The van der Waals surface area contributed by atoms with E-state index in [1.165, 1.54) is 0 Å². The number of carbonyl (C=O) groups is 3. The lowest BCUT2D eigenvalue weighted by molar-refractivity contribution is -0.142. The van der Waals surface area contributed by atoms with Gasteiger partial charge in [0.05, 0.1) is 16.7 Å². The molecule has 0 spiro atoms. The Labute approximate surface area is 167 Å². The minimum atomic E-state index is -0.372. The summed E-state index contributed by atoms with van der Waals surface area (Å²) in [7, 11) is 0. The largest absolute Gasteiger partial charge is 0.324 e. The molecule has 4 rings (SSSR count). The number of hydrogen-bond donors (Lipinski definition) is 1. The molecule has 1 aliphatic carbocycles. The number of rotatable bonds is 3. The van der Waals surface area contributed by atoms with Crippen LogP contribution in [0.25, 0.3) is 0 Å². The quantitative estimate of drug-likeness (QED) is 0.644. The van der Waals surface area contributed by atoms with Crippen molar-refractivity contribution in [2.75, 3.05) is 11.9 Å². The van der Waals surface area contributed by atoms with Crippen molar-refractivity contribution in [1.29, 1.82) is 0 Å². The summed E-state index contributed by atoms with van der Waals surface area (Å²) in [6.45, 7) is -0.226. The minimum absolute atomic E-state index is 0.194. The number of benzene rings is 1. The van der Waals surface area contributed by atoms with Crippen LogP contribution in [0.3, 0.4) is 0 Å². The van der Waals surface area contributed by atoms with Crippen molar-refractivity contribution in [2.24, 2.45) is 11.8 Å². The fraction of sp³-hybridized carbons (Fsp3) is 0.318. The van der Waals surface area contributed by atoms with E-state index in [1.54, 1.807) is 23.5 Å². The number of hydrogen-bond acceptors (Lipinski definition) is 4. The number of nitrogens with zero attached hydrogens (tertiary/aromatic N) is 1. The predicted molar refractivity (Wildman–Crippen MR) is 108 cm³/mol. The Morgan fingerprint density at radius 1 is 1.07 bits per heavy atom. The van der Waals surface area contributed by atoms with Crippen LogP contribution >= 0.6 is 11.3 Å². The molecule has 1 aromatic carbocycles. The average molecular weight is 392 g/mol. The van der Waals surface area contributed by atoms with E-state index in [4.69, 9.17) is 0 Å². The molecule has 0 radical (unpaired) electrons. The summed E-state index contributed by atoms with van der Waals surface area (Å²) in [5, 5.41) is 4.74. The van der Waals surface area contributed by atoms with E-state index in [9.17, 15) is 14.4 Å². The van der Waals surface area contributed by atoms with E-state index < -0.39 is 0 Å². The maximum atomic E-state index is 12.5. The molecule has 2 aromatic rings. The molecular formula is C22H20N2O3S. The highest BCUT2D eigenvalue weighted by Crippen LogP contribution is 2.37. The van der Waals surface area contributed by atoms with Gasteiger partial charge in [0.2, 0.25) is 17.7 Å². The number of thiophene rings is 1. The van der Waals surface area contributed by atoms with E-state index in [0.29, 0.717) is 5.69 Å². The number of fused-ring (bicyclic) bond motifs is 1. The summed E-state index contributed by atoms with van der Waals surface area (Å²) in [5.41, 5.74) is 1.38. The maximum absolute atomic E-state index is 12.5. The van der Waals surface area contributed by atoms with E-state index in [-0.39, 0.29) is 36.1 Å². The second kappa shape index (κ2) is 7.99.